The van der Waals surface area contributed by atoms with E-state index in [1.165, 1.54) is 0 Å². The van der Waals surface area contributed by atoms with Gasteiger partial charge in [0.25, 0.3) is 0 Å². The summed E-state index contributed by atoms with van der Waals surface area (Å²) in [6.07, 6.45) is 0.710. The lowest BCUT2D eigenvalue weighted by Gasteiger charge is -2.29. The van der Waals surface area contributed by atoms with E-state index < -0.39 is 0 Å². The molecule has 0 aliphatic carbocycles. The van der Waals surface area contributed by atoms with Crippen LogP contribution < -0.4 is 5.73 Å². The Labute approximate surface area is 91.1 Å². The standard InChI is InChI=1S/C11H21NO3/c1-11(2,3)4-8(5-12)10(13)15-9-6-14-7-9/h8-9H,4-7,12H2,1-3H3. The van der Waals surface area contributed by atoms with Gasteiger partial charge in [-0.1, -0.05) is 20.8 Å². The number of carbonyl (C=O) groups is 1. The third kappa shape index (κ3) is 4.18. The molecule has 15 heavy (non-hydrogen) atoms. The molecule has 2 N–H and O–H groups in total. The Morgan fingerprint density at radius 1 is 1.53 bits per heavy atom. The van der Waals surface area contributed by atoms with Crippen LogP contribution in [0, 0.1) is 11.3 Å². The predicted molar refractivity (Wildman–Crippen MR) is 57.3 cm³/mol. The molecule has 1 atom stereocenters. The first-order chi connectivity index (χ1) is 6.92. The van der Waals surface area contributed by atoms with Crippen LogP contribution in [-0.4, -0.2) is 31.8 Å². The van der Waals surface area contributed by atoms with E-state index in [0.29, 0.717) is 19.8 Å². The van der Waals surface area contributed by atoms with Crippen LogP contribution in [0.15, 0.2) is 0 Å². The highest BCUT2D eigenvalue weighted by molar-refractivity contribution is 5.73. The van der Waals surface area contributed by atoms with Crippen LogP contribution in [-0.2, 0) is 14.3 Å². The lowest BCUT2D eigenvalue weighted by Crippen LogP contribution is -2.41. The third-order valence-corrected chi connectivity index (χ3v) is 2.37. The van der Waals surface area contributed by atoms with E-state index in [-0.39, 0.29) is 23.4 Å². The summed E-state index contributed by atoms with van der Waals surface area (Å²) in [5.74, 6) is -0.369. The van der Waals surface area contributed by atoms with Crippen molar-refractivity contribution in [2.75, 3.05) is 19.8 Å². The van der Waals surface area contributed by atoms with Crippen LogP contribution in [0.25, 0.3) is 0 Å². The van der Waals surface area contributed by atoms with Gasteiger partial charge < -0.3 is 15.2 Å². The fraction of sp³-hybridized carbons (Fsp3) is 0.909. The van der Waals surface area contributed by atoms with E-state index in [2.05, 4.69) is 20.8 Å². The fourth-order valence-corrected chi connectivity index (χ4v) is 1.54. The second-order valence-electron chi connectivity index (χ2n) is 5.29. The zero-order valence-corrected chi connectivity index (χ0v) is 9.79. The first-order valence-electron chi connectivity index (χ1n) is 5.40. The Hall–Kier alpha value is -0.610. The predicted octanol–water partition coefficient (Wildman–Crippen LogP) is 0.939. The number of hydrogen-bond acceptors (Lipinski definition) is 4. The van der Waals surface area contributed by atoms with E-state index in [9.17, 15) is 4.79 Å². The lowest BCUT2D eigenvalue weighted by molar-refractivity contribution is -0.177. The van der Waals surface area contributed by atoms with Crippen molar-refractivity contribution in [2.45, 2.75) is 33.3 Å². The monoisotopic (exact) mass is 215 g/mol. The quantitative estimate of drug-likeness (QED) is 0.709. The van der Waals surface area contributed by atoms with E-state index in [1.54, 1.807) is 0 Å². The van der Waals surface area contributed by atoms with E-state index in [4.69, 9.17) is 15.2 Å². The average Bonchev–Trinajstić information content (AvgIpc) is 2.05. The van der Waals surface area contributed by atoms with Gasteiger partial charge >= 0.3 is 5.97 Å². The summed E-state index contributed by atoms with van der Waals surface area (Å²) in [5, 5.41) is 0. The van der Waals surface area contributed by atoms with Crippen molar-refractivity contribution < 1.29 is 14.3 Å². The number of hydrogen-bond donors (Lipinski definition) is 1. The molecule has 0 bridgehead atoms. The van der Waals surface area contributed by atoms with Gasteiger partial charge in [0.05, 0.1) is 19.1 Å². The fourth-order valence-electron chi connectivity index (χ4n) is 1.54. The summed E-state index contributed by atoms with van der Waals surface area (Å²) in [6.45, 7) is 7.68. The zero-order chi connectivity index (χ0) is 11.5. The van der Waals surface area contributed by atoms with Crippen molar-refractivity contribution in [2.24, 2.45) is 17.1 Å². The second-order valence-corrected chi connectivity index (χ2v) is 5.29. The summed E-state index contributed by atoms with van der Waals surface area (Å²) in [6, 6.07) is 0. The molecule has 4 nitrogen and oxygen atoms in total. The van der Waals surface area contributed by atoms with Crippen LogP contribution in [0.4, 0.5) is 0 Å². The summed E-state index contributed by atoms with van der Waals surface area (Å²) >= 11 is 0. The van der Waals surface area contributed by atoms with Crippen LogP contribution in [0.2, 0.25) is 0 Å². The minimum Gasteiger partial charge on any atom is -0.457 e. The van der Waals surface area contributed by atoms with Gasteiger partial charge in [-0.3, -0.25) is 4.79 Å². The minimum absolute atomic E-state index is 0.0495. The molecule has 1 aliphatic heterocycles. The molecule has 1 rings (SSSR count). The molecule has 0 spiro atoms. The molecule has 4 heteroatoms. The van der Waals surface area contributed by atoms with Gasteiger partial charge in [-0.15, -0.1) is 0 Å². The van der Waals surface area contributed by atoms with Crippen LogP contribution in [0.3, 0.4) is 0 Å². The van der Waals surface area contributed by atoms with Crippen LogP contribution >= 0.6 is 0 Å². The van der Waals surface area contributed by atoms with E-state index in [0.717, 1.165) is 6.42 Å². The number of nitrogens with two attached hydrogens (primary N) is 1. The molecule has 0 aromatic rings. The average molecular weight is 215 g/mol. The maximum atomic E-state index is 11.7. The molecule has 1 fully saturated rings. The van der Waals surface area contributed by atoms with Gasteiger partial charge in [-0.2, -0.15) is 0 Å². The topological polar surface area (TPSA) is 61.6 Å². The lowest BCUT2D eigenvalue weighted by atomic mass is 9.84. The van der Waals surface area contributed by atoms with Crippen molar-refractivity contribution in [1.29, 1.82) is 0 Å². The summed E-state index contributed by atoms with van der Waals surface area (Å²) in [4.78, 5) is 11.7. The number of ether oxygens (including phenoxy) is 2. The molecule has 88 valence electrons. The molecule has 1 saturated heterocycles. The van der Waals surface area contributed by atoms with Crippen molar-refractivity contribution in [3.63, 3.8) is 0 Å². The summed E-state index contributed by atoms with van der Waals surface area (Å²) in [5.41, 5.74) is 5.68. The van der Waals surface area contributed by atoms with Gasteiger partial charge in [-0.25, -0.2) is 0 Å². The van der Waals surface area contributed by atoms with E-state index in [1.807, 2.05) is 0 Å². The third-order valence-electron chi connectivity index (χ3n) is 2.37. The highest BCUT2D eigenvalue weighted by Crippen LogP contribution is 2.25. The number of carbonyl (C=O) groups excluding carboxylic acids is 1. The molecule has 0 saturated carbocycles. The Morgan fingerprint density at radius 3 is 2.47 bits per heavy atom. The first-order valence-corrected chi connectivity index (χ1v) is 5.40. The molecule has 0 aromatic carbocycles. The SMILES string of the molecule is CC(C)(C)CC(CN)C(=O)OC1COC1. The number of rotatable bonds is 4. The van der Waals surface area contributed by atoms with Crippen molar-refractivity contribution in [3.05, 3.63) is 0 Å². The van der Waals surface area contributed by atoms with Crippen molar-refractivity contribution in [3.8, 4) is 0 Å². The van der Waals surface area contributed by atoms with Gasteiger partial charge in [0, 0.05) is 6.54 Å². The first kappa shape index (κ1) is 12.5. The van der Waals surface area contributed by atoms with Crippen molar-refractivity contribution >= 4 is 5.97 Å². The molecular formula is C11H21NO3. The molecule has 0 radical (unpaired) electrons. The van der Waals surface area contributed by atoms with Gasteiger partial charge in [0.15, 0.2) is 0 Å². The smallest absolute Gasteiger partial charge is 0.310 e. The highest BCUT2D eigenvalue weighted by atomic mass is 16.6. The maximum absolute atomic E-state index is 11.7. The molecule has 1 aliphatic rings. The highest BCUT2D eigenvalue weighted by Gasteiger charge is 2.29. The normalized spacial score (nSPS) is 19.5. The van der Waals surface area contributed by atoms with Crippen LogP contribution in [0.1, 0.15) is 27.2 Å². The number of esters is 1. The summed E-state index contributed by atoms with van der Waals surface area (Å²) in [7, 11) is 0. The molecule has 0 aromatic heterocycles. The van der Waals surface area contributed by atoms with Crippen LogP contribution in [0.5, 0.6) is 0 Å². The largest absolute Gasteiger partial charge is 0.457 e. The maximum Gasteiger partial charge on any atom is 0.310 e. The second kappa shape index (κ2) is 4.94. The van der Waals surface area contributed by atoms with Gasteiger partial charge in [0.2, 0.25) is 0 Å². The minimum atomic E-state index is -0.189. The Morgan fingerprint density at radius 2 is 2.13 bits per heavy atom. The van der Waals surface area contributed by atoms with E-state index >= 15 is 0 Å². The van der Waals surface area contributed by atoms with Gasteiger partial charge in [-0.05, 0) is 11.8 Å². The van der Waals surface area contributed by atoms with Gasteiger partial charge in [0.1, 0.15) is 6.10 Å². The molecule has 0 amide bonds. The Kier molecular flexibility index (Phi) is 4.11. The Balaban J connectivity index is 2.38. The Bertz CT molecular complexity index is 218. The van der Waals surface area contributed by atoms with Crippen molar-refractivity contribution in [1.82, 2.24) is 0 Å². The molecule has 1 heterocycles. The molecule has 1 unspecified atom stereocenters. The zero-order valence-electron chi connectivity index (χ0n) is 9.79. The summed E-state index contributed by atoms with van der Waals surface area (Å²) < 4.78 is 10.2. The molecular weight excluding hydrogens is 194 g/mol.